The van der Waals surface area contributed by atoms with E-state index in [4.69, 9.17) is 0 Å². The second kappa shape index (κ2) is 4.10. The molecule has 1 aromatic heterocycles. The van der Waals surface area contributed by atoms with Crippen molar-refractivity contribution in [3.05, 3.63) is 53.6 Å². The van der Waals surface area contributed by atoms with Gasteiger partial charge in [0.15, 0.2) is 0 Å². The molecule has 1 aliphatic rings. The van der Waals surface area contributed by atoms with E-state index in [1.165, 1.54) is 17.0 Å². The number of aromatic nitrogens is 2. The van der Waals surface area contributed by atoms with Crippen LogP contribution in [0.4, 0.5) is 0 Å². The SMILES string of the molecule is c1ccc(Cc2ncn3c2CNCC3)cc1. The fourth-order valence-electron chi connectivity index (χ4n) is 2.19. The van der Waals surface area contributed by atoms with Gasteiger partial charge in [-0.3, -0.25) is 0 Å². The third-order valence-corrected chi connectivity index (χ3v) is 3.07. The standard InChI is InChI=1S/C13H15N3/c1-2-4-11(5-3-1)8-12-13-9-14-6-7-16(13)10-15-12/h1-5,10,14H,6-9H2. The van der Waals surface area contributed by atoms with Gasteiger partial charge in [-0.1, -0.05) is 30.3 Å². The van der Waals surface area contributed by atoms with Gasteiger partial charge in [0.05, 0.1) is 17.7 Å². The lowest BCUT2D eigenvalue weighted by atomic mass is 10.1. The summed E-state index contributed by atoms with van der Waals surface area (Å²) in [5, 5.41) is 3.39. The first kappa shape index (κ1) is 9.60. The number of benzene rings is 1. The number of fused-ring (bicyclic) bond motifs is 1. The van der Waals surface area contributed by atoms with Crippen LogP contribution >= 0.6 is 0 Å². The Balaban J connectivity index is 1.88. The minimum Gasteiger partial charge on any atom is -0.332 e. The van der Waals surface area contributed by atoms with Crippen LogP contribution in [0.25, 0.3) is 0 Å². The molecule has 0 spiro atoms. The average Bonchev–Trinajstić information content (AvgIpc) is 2.74. The van der Waals surface area contributed by atoms with Gasteiger partial charge in [-0.05, 0) is 5.56 Å². The highest BCUT2D eigenvalue weighted by Crippen LogP contribution is 2.14. The topological polar surface area (TPSA) is 29.9 Å². The molecule has 0 saturated heterocycles. The smallest absolute Gasteiger partial charge is 0.0952 e. The molecule has 0 atom stereocenters. The third kappa shape index (κ3) is 1.74. The highest BCUT2D eigenvalue weighted by Gasteiger charge is 2.13. The van der Waals surface area contributed by atoms with Gasteiger partial charge in [0.2, 0.25) is 0 Å². The summed E-state index contributed by atoms with van der Waals surface area (Å²) in [6, 6.07) is 10.5. The monoisotopic (exact) mass is 213 g/mol. The largest absolute Gasteiger partial charge is 0.332 e. The Morgan fingerprint density at radius 1 is 1.25 bits per heavy atom. The van der Waals surface area contributed by atoms with Crippen molar-refractivity contribution >= 4 is 0 Å². The molecule has 0 amide bonds. The normalized spacial score (nSPS) is 14.8. The maximum Gasteiger partial charge on any atom is 0.0952 e. The fourth-order valence-corrected chi connectivity index (χ4v) is 2.19. The van der Waals surface area contributed by atoms with Crippen molar-refractivity contribution in [2.24, 2.45) is 0 Å². The lowest BCUT2D eigenvalue weighted by molar-refractivity contribution is 0.513. The summed E-state index contributed by atoms with van der Waals surface area (Å²) in [7, 11) is 0. The Hall–Kier alpha value is -1.61. The molecule has 3 rings (SSSR count). The molecule has 0 unspecified atom stereocenters. The number of imidazole rings is 1. The van der Waals surface area contributed by atoms with E-state index in [2.05, 4.69) is 39.1 Å². The van der Waals surface area contributed by atoms with Crippen LogP contribution in [0, 0.1) is 0 Å². The molecule has 82 valence electrons. The Morgan fingerprint density at radius 3 is 3.00 bits per heavy atom. The molecule has 1 aromatic carbocycles. The Morgan fingerprint density at radius 2 is 2.12 bits per heavy atom. The molecule has 16 heavy (non-hydrogen) atoms. The first-order valence-corrected chi connectivity index (χ1v) is 5.71. The second-order valence-electron chi connectivity index (χ2n) is 4.17. The maximum absolute atomic E-state index is 4.52. The van der Waals surface area contributed by atoms with E-state index in [1.807, 2.05) is 12.4 Å². The molecular weight excluding hydrogens is 198 g/mol. The third-order valence-electron chi connectivity index (χ3n) is 3.07. The van der Waals surface area contributed by atoms with Gasteiger partial charge in [0.25, 0.3) is 0 Å². The summed E-state index contributed by atoms with van der Waals surface area (Å²) < 4.78 is 2.26. The first-order valence-electron chi connectivity index (χ1n) is 5.71. The summed E-state index contributed by atoms with van der Waals surface area (Å²) in [4.78, 5) is 4.52. The van der Waals surface area contributed by atoms with Gasteiger partial charge in [-0.25, -0.2) is 4.98 Å². The van der Waals surface area contributed by atoms with Crippen LogP contribution in [0.5, 0.6) is 0 Å². The number of nitrogens with one attached hydrogen (secondary N) is 1. The summed E-state index contributed by atoms with van der Waals surface area (Å²) in [5.41, 5.74) is 3.88. The molecule has 3 nitrogen and oxygen atoms in total. The van der Waals surface area contributed by atoms with E-state index in [9.17, 15) is 0 Å². The van der Waals surface area contributed by atoms with Crippen LogP contribution in [0.15, 0.2) is 36.7 Å². The van der Waals surface area contributed by atoms with Gasteiger partial charge < -0.3 is 9.88 Å². The number of rotatable bonds is 2. The number of nitrogens with zero attached hydrogens (tertiary/aromatic N) is 2. The lowest BCUT2D eigenvalue weighted by Crippen LogP contribution is -2.28. The zero-order valence-corrected chi connectivity index (χ0v) is 9.19. The van der Waals surface area contributed by atoms with Crippen LogP contribution in [-0.2, 0) is 19.5 Å². The van der Waals surface area contributed by atoms with Crippen LogP contribution in [0.3, 0.4) is 0 Å². The predicted molar refractivity (Wildman–Crippen MR) is 63.2 cm³/mol. The summed E-state index contributed by atoms with van der Waals surface area (Å²) in [5.74, 6) is 0. The molecule has 0 aliphatic carbocycles. The Kier molecular flexibility index (Phi) is 2.46. The van der Waals surface area contributed by atoms with E-state index >= 15 is 0 Å². The van der Waals surface area contributed by atoms with E-state index in [-0.39, 0.29) is 0 Å². The van der Waals surface area contributed by atoms with Gasteiger partial charge in [-0.15, -0.1) is 0 Å². The fraction of sp³-hybridized carbons (Fsp3) is 0.308. The van der Waals surface area contributed by atoms with Crippen LogP contribution < -0.4 is 5.32 Å². The van der Waals surface area contributed by atoms with E-state index in [0.717, 1.165) is 26.1 Å². The Labute approximate surface area is 95.1 Å². The van der Waals surface area contributed by atoms with Crippen molar-refractivity contribution < 1.29 is 0 Å². The molecule has 0 bridgehead atoms. The van der Waals surface area contributed by atoms with Crippen molar-refractivity contribution in [1.82, 2.24) is 14.9 Å². The highest BCUT2D eigenvalue weighted by molar-refractivity contribution is 5.25. The molecule has 0 radical (unpaired) electrons. The lowest BCUT2D eigenvalue weighted by Gasteiger charge is -2.16. The van der Waals surface area contributed by atoms with Crippen LogP contribution in [0.1, 0.15) is 17.0 Å². The molecule has 0 saturated carbocycles. The van der Waals surface area contributed by atoms with E-state index in [1.54, 1.807) is 0 Å². The van der Waals surface area contributed by atoms with Crippen LogP contribution in [0.2, 0.25) is 0 Å². The second-order valence-corrected chi connectivity index (χ2v) is 4.17. The highest BCUT2D eigenvalue weighted by atomic mass is 15.1. The summed E-state index contributed by atoms with van der Waals surface area (Å²) in [6.07, 6.45) is 2.90. The molecule has 1 N–H and O–H groups in total. The zero-order valence-electron chi connectivity index (χ0n) is 9.19. The zero-order chi connectivity index (χ0) is 10.8. The van der Waals surface area contributed by atoms with Crippen molar-refractivity contribution in [2.45, 2.75) is 19.5 Å². The molecule has 1 aliphatic heterocycles. The van der Waals surface area contributed by atoms with Crippen molar-refractivity contribution in [3.8, 4) is 0 Å². The van der Waals surface area contributed by atoms with E-state index in [0.29, 0.717) is 0 Å². The van der Waals surface area contributed by atoms with Gasteiger partial charge in [0.1, 0.15) is 0 Å². The molecule has 3 heteroatoms. The number of hydrogen-bond acceptors (Lipinski definition) is 2. The quantitative estimate of drug-likeness (QED) is 0.820. The van der Waals surface area contributed by atoms with Crippen molar-refractivity contribution in [1.29, 1.82) is 0 Å². The minimum absolute atomic E-state index is 0.935. The van der Waals surface area contributed by atoms with Crippen molar-refractivity contribution in [2.75, 3.05) is 6.54 Å². The van der Waals surface area contributed by atoms with Gasteiger partial charge in [-0.2, -0.15) is 0 Å². The summed E-state index contributed by atoms with van der Waals surface area (Å²) in [6.45, 7) is 3.04. The molecule has 2 aromatic rings. The van der Waals surface area contributed by atoms with E-state index < -0.39 is 0 Å². The van der Waals surface area contributed by atoms with Gasteiger partial charge >= 0.3 is 0 Å². The molecular formula is C13H15N3. The van der Waals surface area contributed by atoms with Crippen LogP contribution in [-0.4, -0.2) is 16.1 Å². The average molecular weight is 213 g/mol. The number of hydrogen-bond donors (Lipinski definition) is 1. The maximum atomic E-state index is 4.52. The molecule has 0 fully saturated rings. The minimum atomic E-state index is 0.935. The van der Waals surface area contributed by atoms with Crippen molar-refractivity contribution in [3.63, 3.8) is 0 Å². The Bertz CT molecular complexity index is 473. The predicted octanol–water partition coefficient (Wildman–Crippen LogP) is 1.58. The summed E-state index contributed by atoms with van der Waals surface area (Å²) >= 11 is 0. The van der Waals surface area contributed by atoms with Gasteiger partial charge in [0, 0.05) is 26.1 Å². The first-order chi connectivity index (χ1) is 7.93. The molecule has 2 heterocycles.